The van der Waals surface area contributed by atoms with Crippen LogP contribution in [-0.4, -0.2) is 40.0 Å². The molecule has 3 nitrogen and oxygen atoms in total. The maximum absolute atomic E-state index is 10.5. The molecule has 0 radical (unpaired) electrons. The molecular formula is C9H16ClNO2. The van der Waals surface area contributed by atoms with Crippen molar-refractivity contribution in [2.45, 2.75) is 37.6 Å². The molecular weight excluding hydrogens is 190 g/mol. The Morgan fingerprint density at radius 3 is 2.69 bits per heavy atom. The molecule has 0 amide bonds. The van der Waals surface area contributed by atoms with Gasteiger partial charge in [0.1, 0.15) is 5.38 Å². The van der Waals surface area contributed by atoms with Gasteiger partial charge in [0, 0.05) is 12.1 Å². The molecule has 0 aromatic rings. The van der Waals surface area contributed by atoms with Gasteiger partial charge in [0.05, 0.1) is 0 Å². The van der Waals surface area contributed by atoms with Crippen molar-refractivity contribution in [1.29, 1.82) is 0 Å². The summed E-state index contributed by atoms with van der Waals surface area (Å²) >= 11 is 5.68. The first kappa shape index (κ1) is 10.8. The van der Waals surface area contributed by atoms with Crippen LogP contribution >= 0.6 is 11.6 Å². The van der Waals surface area contributed by atoms with Crippen LogP contribution in [0.15, 0.2) is 0 Å². The summed E-state index contributed by atoms with van der Waals surface area (Å²) in [5, 5.41) is 7.87. The number of carboxylic acid groups (broad SMARTS) is 1. The number of aliphatic carboxylic acids is 1. The number of nitrogens with zero attached hydrogens (tertiary/aromatic N) is 1. The third-order valence-electron chi connectivity index (χ3n) is 2.72. The van der Waals surface area contributed by atoms with Crippen LogP contribution in [0.1, 0.15) is 26.7 Å². The van der Waals surface area contributed by atoms with E-state index in [0.29, 0.717) is 6.54 Å². The predicted molar refractivity (Wildman–Crippen MR) is 52.2 cm³/mol. The molecule has 13 heavy (non-hydrogen) atoms. The van der Waals surface area contributed by atoms with Crippen molar-refractivity contribution in [2.75, 3.05) is 13.1 Å². The van der Waals surface area contributed by atoms with Crippen LogP contribution < -0.4 is 0 Å². The Balaban J connectivity index is 2.49. The average Bonchev–Trinajstić information content (AvgIpc) is 2.30. The van der Waals surface area contributed by atoms with E-state index in [2.05, 4.69) is 18.7 Å². The van der Waals surface area contributed by atoms with Crippen molar-refractivity contribution in [1.82, 2.24) is 4.90 Å². The van der Waals surface area contributed by atoms with Crippen molar-refractivity contribution in [3.05, 3.63) is 0 Å². The summed E-state index contributed by atoms with van der Waals surface area (Å²) in [6, 6.07) is 0. The molecule has 0 bridgehead atoms. The van der Waals surface area contributed by atoms with Crippen molar-refractivity contribution in [3.8, 4) is 0 Å². The Labute approximate surface area is 83.7 Å². The molecule has 1 N–H and O–H groups in total. The van der Waals surface area contributed by atoms with Crippen LogP contribution in [0.3, 0.4) is 0 Å². The Morgan fingerprint density at radius 2 is 2.31 bits per heavy atom. The van der Waals surface area contributed by atoms with Gasteiger partial charge in [-0.2, -0.15) is 0 Å². The molecule has 0 aromatic heterocycles. The highest BCUT2D eigenvalue weighted by Gasteiger charge is 2.34. The predicted octanol–water partition coefficient (Wildman–Crippen LogP) is 1.55. The summed E-state index contributed by atoms with van der Waals surface area (Å²) in [5.74, 6) is -0.927. The molecule has 0 spiro atoms. The van der Waals surface area contributed by atoms with Gasteiger partial charge in [-0.25, -0.2) is 0 Å². The number of halogens is 1. The smallest absolute Gasteiger partial charge is 0.322 e. The summed E-state index contributed by atoms with van der Waals surface area (Å²) in [7, 11) is 0. The highest BCUT2D eigenvalue weighted by molar-refractivity contribution is 6.29. The molecule has 1 heterocycles. The van der Waals surface area contributed by atoms with Crippen LogP contribution in [0.4, 0.5) is 0 Å². The normalized spacial score (nSPS) is 24.5. The zero-order chi connectivity index (χ0) is 10.1. The molecule has 0 aromatic carbocycles. The quantitative estimate of drug-likeness (QED) is 0.711. The highest BCUT2D eigenvalue weighted by atomic mass is 35.5. The monoisotopic (exact) mass is 205 g/mol. The standard InChI is InChI=1S/C9H16ClNO2/c1-9(2)4-3-5-11(9)6-7(10)8(12)13/h7H,3-6H2,1-2H3,(H,12,13). The van der Waals surface area contributed by atoms with E-state index in [0.717, 1.165) is 19.4 Å². The number of likely N-dealkylation sites (tertiary alicyclic amines) is 1. The average molecular weight is 206 g/mol. The second-order valence-corrected chi connectivity index (χ2v) is 4.69. The fraction of sp³-hybridized carbons (Fsp3) is 0.889. The first-order valence-corrected chi connectivity index (χ1v) is 4.99. The molecule has 76 valence electrons. The minimum Gasteiger partial charge on any atom is -0.480 e. The number of alkyl halides is 1. The second-order valence-electron chi connectivity index (χ2n) is 4.17. The summed E-state index contributed by atoms with van der Waals surface area (Å²) < 4.78 is 0. The zero-order valence-corrected chi connectivity index (χ0v) is 8.84. The van der Waals surface area contributed by atoms with Gasteiger partial charge in [0.15, 0.2) is 0 Å². The Hall–Kier alpha value is -0.280. The summed E-state index contributed by atoms with van der Waals surface area (Å²) in [6.45, 7) is 5.67. The lowest BCUT2D eigenvalue weighted by molar-refractivity contribution is -0.137. The fourth-order valence-corrected chi connectivity index (χ4v) is 1.94. The summed E-state index contributed by atoms with van der Waals surface area (Å²) in [4.78, 5) is 12.7. The summed E-state index contributed by atoms with van der Waals surface area (Å²) in [5.41, 5.74) is 0.114. The van der Waals surface area contributed by atoms with Crippen molar-refractivity contribution >= 4 is 17.6 Å². The number of hydrogen-bond donors (Lipinski definition) is 1. The SMILES string of the molecule is CC1(C)CCCN1CC(Cl)C(=O)O. The largest absolute Gasteiger partial charge is 0.480 e. The molecule has 1 saturated heterocycles. The number of rotatable bonds is 3. The van der Waals surface area contributed by atoms with Gasteiger partial charge in [0.25, 0.3) is 0 Å². The number of carbonyl (C=O) groups is 1. The molecule has 1 unspecified atom stereocenters. The molecule has 0 aliphatic carbocycles. The summed E-state index contributed by atoms with van der Waals surface area (Å²) in [6.07, 6.45) is 2.26. The Kier molecular flexibility index (Phi) is 3.19. The van der Waals surface area contributed by atoms with Crippen molar-refractivity contribution in [2.24, 2.45) is 0 Å². The van der Waals surface area contributed by atoms with Gasteiger partial charge in [-0.05, 0) is 33.2 Å². The minimum absolute atomic E-state index is 0.114. The molecule has 0 saturated carbocycles. The van der Waals surface area contributed by atoms with Crippen LogP contribution in [0.5, 0.6) is 0 Å². The molecule has 1 aliphatic heterocycles. The molecule has 1 atom stereocenters. The van der Waals surface area contributed by atoms with Crippen LogP contribution in [0, 0.1) is 0 Å². The third kappa shape index (κ3) is 2.58. The Morgan fingerprint density at radius 1 is 1.69 bits per heavy atom. The van der Waals surface area contributed by atoms with Gasteiger partial charge in [-0.1, -0.05) is 0 Å². The number of carboxylic acids is 1. The molecule has 4 heteroatoms. The van der Waals surface area contributed by atoms with E-state index < -0.39 is 11.3 Å². The lowest BCUT2D eigenvalue weighted by Crippen LogP contribution is -2.43. The van der Waals surface area contributed by atoms with E-state index in [1.807, 2.05) is 0 Å². The minimum atomic E-state index is -0.927. The Bertz CT molecular complexity index is 206. The van der Waals surface area contributed by atoms with E-state index in [1.54, 1.807) is 0 Å². The topological polar surface area (TPSA) is 40.5 Å². The van der Waals surface area contributed by atoms with Crippen LogP contribution in [0.25, 0.3) is 0 Å². The van der Waals surface area contributed by atoms with E-state index in [1.165, 1.54) is 0 Å². The molecule has 1 fully saturated rings. The van der Waals surface area contributed by atoms with E-state index in [-0.39, 0.29) is 5.54 Å². The maximum atomic E-state index is 10.5. The first-order chi connectivity index (χ1) is 5.93. The maximum Gasteiger partial charge on any atom is 0.322 e. The highest BCUT2D eigenvalue weighted by Crippen LogP contribution is 2.28. The van der Waals surface area contributed by atoms with Gasteiger partial charge >= 0.3 is 5.97 Å². The third-order valence-corrected chi connectivity index (χ3v) is 3.05. The fourth-order valence-electron chi connectivity index (χ4n) is 1.77. The van der Waals surface area contributed by atoms with Crippen LogP contribution in [-0.2, 0) is 4.79 Å². The van der Waals surface area contributed by atoms with Gasteiger partial charge < -0.3 is 5.11 Å². The van der Waals surface area contributed by atoms with Crippen molar-refractivity contribution < 1.29 is 9.90 Å². The zero-order valence-electron chi connectivity index (χ0n) is 8.09. The van der Waals surface area contributed by atoms with E-state index in [4.69, 9.17) is 16.7 Å². The first-order valence-electron chi connectivity index (χ1n) is 4.55. The van der Waals surface area contributed by atoms with Gasteiger partial charge in [-0.3, -0.25) is 9.69 Å². The lowest BCUT2D eigenvalue weighted by atomic mass is 10.0. The van der Waals surface area contributed by atoms with E-state index >= 15 is 0 Å². The van der Waals surface area contributed by atoms with E-state index in [9.17, 15) is 4.79 Å². The molecule has 1 aliphatic rings. The van der Waals surface area contributed by atoms with Crippen LogP contribution in [0.2, 0.25) is 0 Å². The van der Waals surface area contributed by atoms with Gasteiger partial charge in [0.2, 0.25) is 0 Å². The van der Waals surface area contributed by atoms with Crippen molar-refractivity contribution in [3.63, 3.8) is 0 Å². The van der Waals surface area contributed by atoms with Gasteiger partial charge in [-0.15, -0.1) is 11.6 Å². The number of hydrogen-bond acceptors (Lipinski definition) is 2. The molecule has 1 rings (SSSR count). The second kappa shape index (κ2) is 3.84. The lowest BCUT2D eigenvalue weighted by Gasteiger charge is -2.32.